The predicted octanol–water partition coefficient (Wildman–Crippen LogP) is 3.17. The number of fused-ring (bicyclic) bond motifs is 1. The van der Waals surface area contributed by atoms with E-state index in [1.165, 1.54) is 10.8 Å². The highest BCUT2D eigenvalue weighted by molar-refractivity contribution is 5.85. The summed E-state index contributed by atoms with van der Waals surface area (Å²) in [6.45, 7) is 4.76. The van der Waals surface area contributed by atoms with E-state index in [1.807, 2.05) is 32.0 Å². The summed E-state index contributed by atoms with van der Waals surface area (Å²) < 4.78 is 5.33. The molecule has 0 bridgehead atoms. The highest BCUT2D eigenvalue weighted by atomic mass is 16.5. The topological polar surface area (TPSA) is 29.5 Å². The smallest absolute Gasteiger partial charge is 0.0892 e. The van der Waals surface area contributed by atoms with Gasteiger partial charge >= 0.3 is 0 Å². The van der Waals surface area contributed by atoms with E-state index in [0.717, 1.165) is 5.56 Å². The van der Waals surface area contributed by atoms with Crippen LogP contribution in [0.1, 0.15) is 19.4 Å². The molecule has 0 amide bonds. The first-order valence-corrected chi connectivity index (χ1v) is 6.39. The Morgan fingerprint density at radius 3 is 2.61 bits per heavy atom. The normalized spacial score (nSPS) is 14.6. The van der Waals surface area contributed by atoms with Crippen LogP contribution in [0.2, 0.25) is 0 Å². The van der Waals surface area contributed by atoms with Gasteiger partial charge in [0, 0.05) is 13.0 Å². The molecule has 0 saturated carbocycles. The molecule has 2 aromatic carbocycles. The van der Waals surface area contributed by atoms with Gasteiger partial charge in [-0.2, -0.15) is 0 Å². The number of hydrogen-bond acceptors (Lipinski definition) is 2. The van der Waals surface area contributed by atoms with E-state index < -0.39 is 5.60 Å². The number of benzene rings is 2. The Labute approximate surface area is 108 Å². The average molecular weight is 244 g/mol. The lowest BCUT2D eigenvalue weighted by molar-refractivity contribution is -0.0294. The van der Waals surface area contributed by atoms with Crippen LogP contribution in [0, 0.1) is 0 Å². The lowest BCUT2D eigenvalue weighted by Gasteiger charge is -2.23. The van der Waals surface area contributed by atoms with Crippen LogP contribution in [0.25, 0.3) is 10.8 Å². The van der Waals surface area contributed by atoms with Gasteiger partial charge in [0.1, 0.15) is 0 Å². The fourth-order valence-corrected chi connectivity index (χ4v) is 2.23. The molecular formula is C16H20O2. The van der Waals surface area contributed by atoms with E-state index in [-0.39, 0.29) is 0 Å². The summed E-state index contributed by atoms with van der Waals surface area (Å²) in [7, 11) is 0. The van der Waals surface area contributed by atoms with Gasteiger partial charge in [0.2, 0.25) is 0 Å². The van der Waals surface area contributed by atoms with Gasteiger partial charge in [0.05, 0.1) is 12.2 Å². The third-order valence-electron chi connectivity index (χ3n) is 3.07. The second kappa shape index (κ2) is 5.51. The van der Waals surface area contributed by atoms with Gasteiger partial charge in [-0.15, -0.1) is 0 Å². The van der Waals surface area contributed by atoms with Gasteiger partial charge in [-0.1, -0.05) is 42.5 Å². The summed E-state index contributed by atoms with van der Waals surface area (Å²) in [6, 6.07) is 14.5. The number of aliphatic hydroxyl groups is 1. The maximum Gasteiger partial charge on any atom is 0.0892 e. The van der Waals surface area contributed by atoms with Crippen molar-refractivity contribution in [3.63, 3.8) is 0 Å². The molecule has 0 aliphatic heterocycles. The van der Waals surface area contributed by atoms with Crippen molar-refractivity contribution in [2.45, 2.75) is 25.9 Å². The molecule has 0 heterocycles. The van der Waals surface area contributed by atoms with Crippen molar-refractivity contribution >= 4 is 10.8 Å². The van der Waals surface area contributed by atoms with Gasteiger partial charge in [-0.25, -0.2) is 0 Å². The minimum absolute atomic E-state index is 0.368. The lowest BCUT2D eigenvalue weighted by Crippen LogP contribution is -2.33. The van der Waals surface area contributed by atoms with Crippen molar-refractivity contribution in [3.05, 3.63) is 48.0 Å². The molecule has 2 aromatic rings. The van der Waals surface area contributed by atoms with Crippen molar-refractivity contribution in [2.75, 3.05) is 13.2 Å². The van der Waals surface area contributed by atoms with Gasteiger partial charge in [0.15, 0.2) is 0 Å². The Bertz CT molecular complexity index is 512. The van der Waals surface area contributed by atoms with Crippen molar-refractivity contribution in [2.24, 2.45) is 0 Å². The van der Waals surface area contributed by atoms with Crippen LogP contribution in [0.4, 0.5) is 0 Å². The Hall–Kier alpha value is -1.38. The van der Waals surface area contributed by atoms with E-state index in [4.69, 9.17) is 4.74 Å². The SMILES string of the molecule is CCOCC(C)(O)Cc1cccc2ccccc12. The number of hydrogen-bond donors (Lipinski definition) is 1. The number of ether oxygens (including phenoxy) is 1. The maximum absolute atomic E-state index is 10.3. The molecule has 0 fully saturated rings. The van der Waals surface area contributed by atoms with E-state index in [2.05, 4.69) is 24.3 Å². The molecule has 0 radical (unpaired) electrons. The zero-order valence-corrected chi connectivity index (χ0v) is 11.0. The quantitative estimate of drug-likeness (QED) is 0.875. The Kier molecular flexibility index (Phi) is 4.00. The fraction of sp³-hybridized carbons (Fsp3) is 0.375. The third-order valence-corrected chi connectivity index (χ3v) is 3.07. The first-order valence-electron chi connectivity index (χ1n) is 6.39. The van der Waals surface area contributed by atoms with E-state index in [9.17, 15) is 5.11 Å². The van der Waals surface area contributed by atoms with Gasteiger partial charge in [-0.3, -0.25) is 0 Å². The molecule has 0 aliphatic rings. The van der Waals surface area contributed by atoms with Crippen molar-refractivity contribution < 1.29 is 9.84 Å². The summed E-state index contributed by atoms with van der Waals surface area (Å²) in [4.78, 5) is 0. The second-order valence-corrected chi connectivity index (χ2v) is 4.95. The molecule has 1 unspecified atom stereocenters. The molecule has 0 spiro atoms. The summed E-state index contributed by atoms with van der Waals surface area (Å²) in [5, 5.41) is 12.7. The molecule has 96 valence electrons. The zero-order valence-electron chi connectivity index (χ0n) is 11.0. The molecule has 2 nitrogen and oxygen atoms in total. The Balaban J connectivity index is 2.26. The molecule has 0 saturated heterocycles. The molecule has 2 heteroatoms. The predicted molar refractivity (Wildman–Crippen MR) is 74.8 cm³/mol. The largest absolute Gasteiger partial charge is 0.387 e. The second-order valence-electron chi connectivity index (χ2n) is 4.95. The van der Waals surface area contributed by atoms with E-state index in [1.54, 1.807) is 0 Å². The Morgan fingerprint density at radius 2 is 1.83 bits per heavy atom. The maximum atomic E-state index is 10.3. The molecule has 2 rings (SSSR count). The van der Waals surface area contributed by atoms with Crippen LogP contribution < -0.4 is 0 Å². The summed E-state index contributed by atoms with van der Waals surface area (Å²) in [5.41, 5.74) is 0.345. The third kappa shape index (κ3) is 3.09. The molecule has 1 N–H and O–H groups in total. The van der Waals surface area contributed by atoms with Crippen LogP contribution in [0.5, 0.6) is 0 Å². The minimum Gasteiger partial charge on any atom is -0.387 e. The van der Waals surface area contributed by atoms with Crippen LogP contribution in [0.3, 0.4) is 0 Å². The van der Waals surface area contributed by atoms with Gasteiger partial charge < -0.3 is 9.84 Å². The van der Waals surface area contributed by atoms with Crippen molar-refractivity contribution in [1.29, 1.82) is 0 Å². The fourth-order valence-electron chi connectivity index (χ4n) is 2.23. The zero-order chi connectivity index (χ0) is 13.0. The van der Waals surface area contributed by atoms with Gasteiger partial charge in [0.25, 0.3) is 0 Å². The highest BCUT2D eigenvalue weighted by Crippen LogP contribution is 2.22. The number of rotatable bonds is 5. The standard InChI is InChI=1S/C16H20O2/c1-3-18-12-16(2,17)11-14-9-6-8-13-7-4-5-10-15(13)14/h4-10,17H,3,11-12H2,1-2H3. The Morgan fingerprint density at radius 1 is 1.11 bits per heavy atom. The molecule has 0 aromatic heterocycles. The monoisotopic (exact) mass is 244 g/mol. The van der Waals surface area contributed by atoms with E-state index >= 15 is 0 Å². The average Bonchev–Trinajstić information content (AvgIpc) is 2.37. The van der Waals surface area contributed by atoms with Crippen LogP contribution in [-0.2, 0) is 11.2 Å². The molecule has 1 atom stereocenters. The van der Waals surface area contributed by atoms with Crippen LogP contribution in [0.15, 0.2) is 42.5 Å². The molecular weight excluding hydrogens is 224 g/mol. The summed E-state index contributed by atoms with van der Waals surface area (Å²) >= 11 is 0. The molecule has 18 heavy (non-hydrogen) atoms. The van der Waals surface area contributed by atoms with Crippen molar-refractivity contribution in [3.8, 4) is 0 Å². The first kappa shape index (κ1) is 13.1. The van der Waals surface area contributed by atoms with Gasteiger partial charge in [-0.05, 0) is 30.2 Å². The van der Waals surface area contributed by atoms with Crippen LogP contribution in [-0.4, -0.2) is 23.9 Å². The first-order chi connectivity index (χ1) is 8.62. The lowest BCUT2D eigenvalue weighted by atomic mass is 9.93. The summed E-state index contributed by atoms with van der Waals surface area (Å²) in [5.74, 6) is 0. The van der Waals surface area contributed by atoms with Crippen LogP contribution >= 0.6 is 0 Å². The molecule has 0 aliphatic carbocycles. The summed E-state index contributed by atoms with van der Waals surface area (Å²) in [6.07, 6.45) is 0.606. The highest BCUT2D eigenvalue weighted by Gasteiger charge is 2.21. The minimum atomic E-state index is -0.819. The van der Waals surface area contributed by atoms with E-state index in [0.29, 0.717) is 19.6 Å². The van der Waals surface area contributed by atoms with Crippen molar-refractivity contribution in [1.82, 2.24) is 0 Å².